The van der Waals surface area contributed by atoms with E-state index in [1.807, 2.05) is 6.92 Å². The van der Waals surface area contributed by atoms with E-state index in [0.29, 0.717) is 5.91 Å². The highest BCUT2D eigenvalue weighted by molar-refractivity contribution is 9.10. The van der Waals surface area contributed by atoms with E-state index in [2.05, 4.69) is 45.1 Å². The van der Waals surface area contributed by atoms with Crippen LogP contribution >= 0.6 is 27.7 Å². The lowest BCUT2D eigenvalue weighted by Crippen LogP contribution is -2.37. The third kappa shape index (κ3) is 4.81. The van der Waals surface area contributed by atoms with E-state index in [-0.39, 0.29) is 5.25 Å². The average Bonchev–Trinajstić information content (AvgIpc) is 2.74. The quantitative estimate of drug-likeness (QED) is 0.793. The lowest BCUT2D eigenvalue weighted by atomic mass is 10.2. The van der Waals surface area contributed by atoms with Crippen LogP contribution in [0.2, 0.25) is 0 Å². The molecule has 1 unspecified atom stereocenters. The Labute approximate surface area is 134 Å². The molecule has 1 atom stereocenters. The number of carbonyl (C=O) groups excluding carboxylic acids is 1. The van der Waals surface area contributed by atoms with Gasteiger partial charge in [0.25, 0.3) is 0 Å². The standard InChI is InChI=1S/C16H22BrNOS/c1-13(16(19)18-10-4-2-3-5-11-18)20-12-14-6-8-15(17)9-7-14/h6-9,13H,2-5,10-12H2,1H3. The minimum Gasteiger partial charge on any atom is -0.342 e. The summed E-state index contributed by atoms with van der Waals surface area (Å²) < 4.78 is 1.10. The first kappa shape index (κ1) is 15.9. The molecule has 110 valence electrons. The molecule has 2 rings (SSSR count). The van der Waals surface area contributed by atoms with Crippen molar-refractivity contribution in [2.75, 3.05) is 13.1 Å². The molecule has 20 heavy (non-hydrogen) atoms. The molecule has 0 radical (unpaired) electrons. The largest absolute Gasteiger partial charge is 0.342 e. The van der Waals surface area contributed by atoms with E-state index in [0.717, 1.165) is 36.2 Å². The van der Waals surface area contributed by atoms with Gasteiger partial charge in [0.15, 0.2) is 0 Å². The Morgan fingerprint density at radius 2 is 1.80 bits per heavy atom. The van der Waals surface area contributed by atoms with Crippen molar-refractivity contribution in [2.45, 2.75) is 43.6 Å². The number of hydrogen-bond donors (Lipinski definition) is 0. The van der Waals surface area contributed by atoms with Crippen molar-refractivity contribution >= 4 is 33.6 Å². The maximum atomic E-state index is 12.4. The maximum absolute atomic E-state index is 12.4. The Balaban J connectivity index is 1.82. The molecule has 4 heteroatoms. The number of halogens is 1. The third-order valence-electron chi connectivity index (χ3n) is 3.68. The average molecular weight is 356 g/mol. The fraction of sp³-hybridized carbons (Fsp3) is 0.562. The summed E-state index contributed by atoms with van der Waals surface area (Å²) >= 11 is 5.18. The number of nitrogens with zero attached hydrogens (tertiary/aromatic N) is 1. The Morgan fingerprint density at radius 3 is 2.40 bits per heavy atom. The van der Waals surface area contributed by atoms with Gasteiger partial charge in [-0.15, -0.1) is 11.8 Å². The van der Waals surface area contributed by atoms with Crippen molar-refractivity contribution in [2.24, 2.45) is 0 Å². The van der Waals surface area contributed by atoms with Gasteiger partial charge in [-0.05, 0) is 37.5 Å². The topological polar surface area (TPSA) is 20.3 Å². The molecule has 1 aromatic carbocycles. The summed E-state index contributed by atoms with van der Waals surface area (Å²) in [6, 6.07) is 8.33. The zero-order valence-corrected chi connectivity index (χ0v) is 14.4. The molecule has 2 nitrogen and oxygen atoms in total. The monoisotopic (exact) mass is 355 g/mol. The molecule has 0 saturated carbocycles. The molecule has 1 saturated heterocycles. The predicted molar refractivity (Wildman–Crippen MR) is 89.9 cm³/mol. The van der Waals surface area contributed by atoms with Crippen LogP contribution in [0.5, 0.6) is 0 Å². The highest BCUT2D eigenvalue weighted by Gasteiger charge is 2.21. The van der Waals surface area contributed by atoms with Gasteiger partial charge in [0.1, 0.15) is 0 Å². The van der Waals surface area contributed by atoms with Crippen LogP contribution in [-0.2, 0) is 10.5 Å². The first-order valence-electron chi connectivity index (χ1n) is 7.31. The van der Waals surface area contributed by atoms with E-state index in [1.54, 1.807) is 11.8 Å². The lowest BCUT2D eigenvalue weighted by molar-refractivity contribution is -0.130. The molecule has 0 bridgehead atoms. The maximum Gasteiger partial charge on any atom is 0.235 e. The number of thioether (sulfide) groups is 1. The van der Waals surface area contributed by atoms with Crippen molar-refractivity contribution in [3.8, 4) is 0 Å². The first-order chi connectivity index (χ1) is 9.66. The summed E-state index contributed by atoms with van der Waals surface area (Å²) in [5.41, 5.74) is 1.27. The van der Waals surface area contributed by atoms with Gasteiger partial charge in [0.05, 0.1) is 5.25 Å². The molecular weight excluding hydrogens is 334 g/mol. The van der Waals surface area contributed by atoms with E-state index >= 15 is 0 Å². The predicted octanol–water partition coefficient (Wildman–Crippen LogP) is 4.47. The summed E-state index contributed by atoms with van der Waals surface area (Å²) in [4.78, 5) is 14.5. The summed E-state index contributed by atoms with van der Waals surface area (Å²) in [5, 5.41) is 0.0525. The third-order valence-corrected chi connectivity index (χ3v) is 5.41. The van der Waals surface area contributed by atoms with Crippen LogP contribution in [0.25, 0.3) is 0 Å². The van der Waals surface area contributed by atoms with Gasteiger partial charge in [0.2, 0.25) is 5.91 Å². The minimum absolute atomic E-state index is 0.0525. The summed E-state index contributed by atoms with van der Waals surface area (Å²) in [6.45, 7) is 3.93. The Kier molecular flexibility index (Phi) is 6.43. The van der Waals surface area contributed by atoms with Crippen LogP contribution in [0.15, 0.2) is 28.7 Å². The Morgan fingerprint density at radius 1 is 1.20 bits per heavy atom. The van der Waals surface area contributed by atoms with Crippen LogP contribution in [0.4, 0.5) is 0 Å². The second-order valence-electron chi connectivity index (χ2n) is 5.32. The van der Waals surface area contributed by atoms with Crippen LogP contribution in [0.3, 0.4) is 0 Å². The van der Waals surface area contributed by atoms with Crippen LogP contribution < -0.4 is 0 Å². The molecule has 1 amide bonds. The van der Waals surface area contributed by atoms with E-state index in [1.165, 1.54) is 18.4 Å². The SMILES string of the molecule is CC(SCc1ccc(Br)cc1)C(=O)N1CCCCCC1. The molecule has 1 aliphatic rings. The van der Waals surface area contributed by atoms with Gasteiger partial charge < -0.3 is 4.90 Å². The second kappa shape index (κ2) is 8.08. The smallest absolute Gasteiger partial charge is 0.235 e. The lowest BCUT2D eigenvalue weighted by Gasteiger charge is -2.23. The first-order valence-corrected chi connectivity index (χ1v) is 9.16. The number of rotatable bonds is 4. The van der Waals surface area contributed by atoms with Gasteiger partial charge >= 0.3 is 0 Å². The highest BCUT2D eigenvalue weighted by Crippen LogP contribution is 2.22. The normalized spacial score (nSPS) is 17.6. The summed E-state index contributed by atoms with van der Waals surface area (Å²) in [5.74, 6) is 1.21. The minimum atomic E-state index is 0.0525. The van der Waals surface area contributed by atoms with E-state index in [9.17, 15) is 4.79 Å². The molecule has 1 aromatic rings. The number of amides is 1. The molecule has 0 aromatic heterocycles. The highest BCUT2D eigenvalue weighted by atomic mass is 79.9. The number of carbonyl (C=O) groups is 1. The number of benzene rings is 1. The fourth-order valence-electron chi connectivity index (χ4n) is 2.42. The summed E-state index contributed by atoms with van der Waals surface area (Å²) in [7, 11) is 0. The van der Waals surface area contributed by atoms with Crippen molar-refractivity contribution < 1.29 is 4.79 Å². The van der Waals surface area contributed by atoms with Gasteiger partial charge in [-0.3, -0.25) is 4.79 Å². The molecule has 1 heterocycles. The van der Waals surface area contributed by atoms with Crippen LogP contribution in [0.1, 0.15) is 38.2 Å². The van der Waals surface area contributed by atoms with Crippen molar-refractivity contribution in [3.63, 3.8) is 0 Å². The molecule has 0 N–H and O–H groups in total. The van der Waals surface area contributed by atoms with Gasteiger partial charge in [-0.25, -0.2) is 0 Å². The fourth-order valence-corrected chi connectivity index (χ4v) is 3.61. The Hall–Kier alpha value is -0.480. The molecule has 1 aliphatic heterocycles. The summed E-state index contributed by atoms with van der Waals surface area (Å²) in [6.07, 6.45) is 4.86. The Bertz CT molecular complexity index is 427. The zero-order valence-electron chi connectivity index (χ0n) is 12.0. The van der Waals surface area contributed by atoms with Crippen LogP contribution in [-0.4, -0.2) is 29.1 Å². The van der Waals surface area contributed by atoms with Gasteiger partial charge in [-0.1, -0.05) is 40.9 Å². The van der Waals surface area contributed by atoms with Gasteiger partial charge in [0, 0.05) is 23.3 Å². The van der Waals surface area contributed by atoms with E-state index < -0.39 is 0 Å². The second-order valence-corrected chi connectivity index (χ2v) is 7.56. The van der Waals surface area contributed by atoms with E-state index in [4.69, 9.17) is 0 Å². The number of likely N-dealkylation sites (tertiary alicyclic amines) is 1. The van der Waals surface area contributed by atoms with Crippen molar-refractivity contribution in [3.05, 3.63) is 34.3 Å². The van der Waals surface area contributed by atoms with Crippen molar-refractivity contribution in [1.82, 2.24) is 4.90 Å². The molecule has 0 spiro atoms. The molecular formula is C16H22BrNOS. The number of hydrogen-bond acceptors (Lipinski definition) is 2. The van der Waals surface area contributed by atoms with Crippen LogP contribution in [0, 0.1) is 0 Å². The molecule has 1 fully saturated rings. The molecule has 0 aliphatic carbocycles. The zero-order chi connectivity index (χ0) is 14.4. The van der Waals surface area contributed by atoms with Gasteiger partial charge in [-0.2, -0.15) is 0 Å². The van der Waals surface area contributed by atoms with Crippen molar-refractivity contribution in [1.29, 1.82) is 0 Å².